The van der Waals surface area contributed by atoms with Crippen LogP contribution in [0.4, 0.5) is 0 Å². The molecule has 1 aliphatic carbocycles. The van der Waals surface area contributed by atoms with Crippen molar-refractivity contribution in [3.8, 4) is 11.4 Å². The number of aromatic nitrogens is 3. The fourth-order valence-corrected chi connectivity index (χ4v) is 4.79. The maximum Gasteiger partial charge on any atom is 0.323 e. The van der Waals surface area contributed by atoms with Crippen molar-refractivity contribution in [2.75, 3.05) is 0 Å². The zero-order valence-corrected chi connectivity index (χ0v) is 14.5. The van der Waals surface area contributed by atoms with E-state index in [4.69, 9.17) is 0 Å². The van der Waals surface area contributed by atoms with E-state index in [1.54, 1.807) is 35.9 Å². The van der Waals surface area contributed by atoms with Gasteiger partial charge < -0.3 is 5.11 Å². The Hall–Kier alpha value is -2.54. The summed E-state index contributed by atoms with van der Waals surface area (Å²) in [6.45, 7) is 1.80. The van der Waals surface area contributed by atoms with Crippen LogP contribution in [0.1, 0.15) is 23.8 Å². The van der Waals surface area contributed by atoms with E-state index in [1.165, 1.54) is 9.44 Å². The van der Waals surface area contributed by atoms with Crippen LogP contribution >= 0.6 is 11.3 Å². The van der Waals surface area contributed by atoms with Gasteiger partial charge in [-0.2, -0.15) is 0 Å². The number of carboxylic acid groups (broad SMARTS) is 1. The number of pyridine rings is 1. The fraction of sp³-hybridized carbons (Fsp3) is 0.333. The molecule has 0 radical (unpaired) electrons. The zero-order valence-electron chi connectivity index (χ0n) is 13.7. The van der Waals surface area contributed by atoms with Gasteiger partial charge in [-0.25, -0.2) is 4.98 Å². The van der Waals surface area contributed by atoms with Gasteiger partial charge in [-0.05, 0) is 42.9 Å². The molecule has 7 heteroatoms. The van der Waals surface area contributed by atoms with Crippen LogP contribution in [-0.2, 0) is 24.2 Å². The molecule has 1 N–H and O–H groups in total. The van der Waals surface area contributed by atoms with E-state index in [9.17, 15) is 14.7 Å². The first-order chi connectivity index (χ1) is 12.0. The minimum Gasteiger partial charge on any atom is -0.480 e. The lowest BCUT2D eigenvalue weighted by Crippen LogP contribution is -2.27. The van der Waals surface area contributed by atoms with Crippen LogP contribution < -0.4 is 5.56 Å². The molecule has 1 atom stereocenters. The van der Waals surface area contributed by atoms with E-state index in [0.717, 1.165) is 24.8 Å². The van der Waals surface area contributed by atoms with Crippen LogP contribution in [0.15, 0.2) is 29.3 Å². The van der Waals surface area contributed by atoms with Gasteiger partial charge in [0.2, 0.25) is 0 Å². The monoisotopic (exact) mass is 355 g/mol. The first kappa shape index (κ1) is 16.0. The highest BCUT2D eigenvalue weighted by Gasteiger charge is 2.25. The summed E-state index contributed by atoms with van der Waals surface area (Å²) >= 11 is 1.56. The van der Waals surface area contributed by atoms with Crippen LogP contribution in [0.3, 0.4) is 0 Å². The Morgan fingerprint density at radius 1 is 1.48 bits per heavy atom. The van der Waals surface area contributed by atoms with Gasteiger partial charge in [0, 0.05) is 22.8 Å². The summed E-state index contributed by atoms with van der Waals surface area (Å²) in [4.78, 5) is 35.1. The van der Waals surface area contributed by atoms with Crippen molar-refractivity contribution in [3.05, 3.63) is 45.3 Å². The molecule has 4 rings (SSSR count). The van der Waals surface area contributed by atoms with Crippen LogP contribution in [0.25, 0.3) is 21.6 Å². The van der Waals surface area contributed by atoms with E-state index < -0.39 is 12.5 Å². The van der Waals surface area contributed by atoms with Crippen molar-refractivity contribution in [2.45, 2.75) is 32.7 Å². The van der Waals surface area contributed by atoms with Crippen LogP contribution in [-0.4, -0.2) is 25.6 Å². The van der Waals surface area contributed by atoms with Gasteiger partial charge in [-0.3, -0.25) is 19.1 Å². The third-order valence-electron chi connectivity index (χ3n) is 4.63. The average molecular weight is 355 g/mol. The van der Waals surface area contributed by atoms with Crippen molar-refractivity contribution in [1.29, 1.82) is 0 Å². The normalized spacial score (nSPS) is 16.8. The highest BCUT2D eigenvalue weighted by molar-refractivity contribution is 7.18. The molecule has 6 nitrogen and oxygen atoms in total. The van der Waals surface area contributed by atoms with E-state index in [-0.39, 0.29) is 5.56 Å². The van der Waals surface area contributed by atoms with Gasteiger partial charge in [-0.15, -0.1) is 11.3 Å². The van der Waals surface area contributed by atoms with E-state index in [1.807, 2.05) is 0 Å². The Morgan fingerprint density at radius 2 is 2.32 bits per heavy atom. The molecule has 3 aromatic rings. The number of carboxylic acids is 1. The zero-order chi connectivity index (χ0) is 17.6. The smallest absolute Gasteiger partial charge is 0.323 e. The van der Waals surface area contributed by atoms with Gasteiger partial charge in [0.05, 0.1) is 5.39 Å². The van der Waals surface area contributed by atoms with Crippen molar-refractivity contribution >= 4 is 27.5 Å². The molecule has 0 aromatic carbocycles. The molecule has 0 amide bonds. The molecule has 0 saturated heterocycles. The summed E-state index contributed by atoms with van der Waals surface area (Å²) in [6, 6.07) is 3.53. The summed E-state index contributed by atoms with van der Waals surface area (Å²) < 4.78 is 1.26. The first-order valence-electron chi connectivity index (χ1n) is 8.22. The van der Waals surface area contributed by atoms with Crippen molar-refractivity contribution in [2.24, 2.45) is 5.92 Å². The van der Waals surface area contributed by atoms with E-state index in [2.05, 4.69) is 16.9 Å². The topological polar surface area (TPSA) is 85.1 Å². The summed E-state index contributed by atoms with van der Waals surface area (Å²) in [5.74, 6) is -0.106. The van der Waals surface area contributed by atoms with Gasteiger partial charge in [0.25, 0.3) is 5.56 Å². The quantitative estimate of drug-likeness (QED) is 0.781. The summed E-state index contributed by atoms with van der Waals surface area (Å²) in [7, 11) is 0. The van der Waals surface area contributed by atoms with Gasteiger partial charge >= 0.3 is 5.97 Å². The largest absolute Gasteiger partial charge is 0.480 e. The molecule has 0 fully saturated rings. The minimum absolute atomic E-state index is 0.265. The van der Waals surface area contributed by atoms with Crippen LogP contribution in [0.5, 0.6) is 0 Å². The molecule has 0 bridgehead atoms. The molecule has 0 spiro atoms. The molecule has 3 heterocycles. The lowest BCUT2D eigenvalue weighted by Gasteiger charge is -2.17. The third kappa shape index (κ3) is 2.74. The molecule has 1 aliphatic rings. The third-order valence-corrected chi connectivity index (χ3v) is 5.78. The number of hydrogen-bond acceptors (Lipinski definition) is 5. The van der Waals surface area contributed by atoms with Gasteiger partial charge in [0.1, 0.15) is 17.2 Å². The lowest BCUT2D eigenvalue weighted by atomic mass is 9.89. The molecule has 1 unspecified atom stereocenters. The Balaban J connectivity index is 2.02. The number of aryl methyl sites for hydroxylation is 1. The predicted octanol–water partition coefficient (Wildman–Crippen LogP) is 2.73. The summed E-state index contributed by atoms with van der Waals surface area (Å²) in [5.41, 5.74) is 1.44. The molecule has 25 heavy (non-hydrogen) atoms. The van der Waals surface area contributed by atoms with Crippen LogP contribution in [0.2, 0.25) is 0 Å². The van der Waals surface area contributed by atoms with E-state index >= 15 is 0 Å². The molecular formula is C18H17N3O3S. The molecular weight excluding hydrogens is 338 g/mol. The number of nitrogens with zero attached hydrogens (tertiary/aromatic N) is 3. The molecule has 0 saturated carbocycles. The van der Waals surface area contributed by atoms with Crippen LogP contribution in [0, 0.1) is 5.92 Å². The minimum atomic E-state index is -1.06. The molecule has 0 aliphatic heterocycles. The second kappa shape index (κ2) is 6.07. The molecule has 128 valence electrons. The Kier molecular flexibility index (Phi) is 3.88. The second-order valence-electron chi connectivity index (χ2n) is 6.49. The average Bonchev–Trinajstić information content (AvgIpc) is 2.95. The van der Waals surface area contributed by atoms with Crippen molar-refractivity contribution < 1.29 is 9.90 Å². The molecule has 3 aromatic heterocycles. The Bertz CT molecular complexity index is 1020. The summed E-state index contributed by atoms with van der Waals surface area (Å²) in [6.07, 6.45) is 6.08. The second-order valence-corrected chi connectivity index (χ2v) is 7.58. The first-order valence-corrected chi connectivity index (χ1v) is 9.03. The number of thiophene rings is 1. The fourth-order valence-electron chi connectivity index (χ4n) is 3.42. The number of fused-ring (bicyclic) bond motifs is 3. The lowest BCUT2D eigenvalue weighted by molar-refractivity contribution is -0.137. The van der Waals surface area contributed by atoms with E-state index in [0.29, 0.717) is 27.5 Å². The predicted molar refractivity (Wildman–Crippen MR) is 95.9 cm³/mol. The number of aliphatic carboxylic acids is 1. The standard InChI is InChI=1S/C18H17N3O3S/c1-10-4-5-12-13(7-10)25-17-15(12)18(24)21(9-14(22)23)16(20-17)11-3-2-6-19-8-11/h2-3,6,8,10H,4-5,7,9H2,1H3,(H,22,23). The highest BCUT2D eigenvalue weighted by atomic mass is 32.1. The maximum atomic E-state index is 13.1. The van der Waals surface area contributed by atoms with Gasteiger partial charge in [0.15, 0.2) is 0 Å². The Labute approximate surface area is 147 Å². The maximum absolute atomic E-state index is 13.1. The van der Waals surface area contributed by atoms with Gasteiger partial charge in [-0.1, -0.05) is 6.92 Å². The number of hydrogen-bond donors (Lipinski definition) is 1. The number of carbonyl (C=O) groups is 1. The SMILES string of the molecule is CC1CCc2c(sc3nc(-c4cccnc4)n(CC(=O)O)c(=O)c23)C1. The van der Waals surface area contributed by atoms with Crippen molar-refractivity contribution in [1.82, 2.24) is 14.5 Å². The van der Waals surface area contributed by atoms with Crippen molar-refractivity contribution in [3.63, 3.8) is 0 Å². The highest BCUT2D eigenvalue weighted by Crippen LogP contribution is 2.36. The summed E-state index contributed by atoms with van der Waals surface area (Å²) in [5, 5.41) is 9.86. The Morgan fingerprint density at radius 3 is 3.04 bits per heavy atom. The number of rotatable bonds is 3.